The van der Waals surface area contributed by atoms with Crippen molar-refractivity contribution in [2.24, 2.45) is 5.73 Å². The van der Waals surface area contributed by atoms with Gasteiger partial charge in [0.15, 0.2) is 0 Å². The second-order valence-electron chi connectivity index (χ2n) is 4.77. The fourth-order valence-corrected chi connectivity index (χ4v) is 1.54. The number of aliphatic hydroxyl groups is 1. The smallest absolute Gasteiger partial charge is 0.416 e. The van der Waals surface area contributed by atoms with Gasteiger partial charge in [-0.3, -0.25) is 9.59 Å². The summed E-state index contributed by atoms with van der Waals surface area (Å²) in [6, 6.07) is 4.00. The maximum atomic E-state index is 12.4. The van der Waals surface area contributed by atoms with Gasteiger partial charge in [0, 0.05) is 6.54 Å². The number of aliphatic hydroxyl groups excluding tert-OH is 1. The van der Waals surface area contributed by atoms with Crippen LogP contribution in [0.5, 0.6) is 5.75 Å². The number of benzene rings is 1. The fourth-order valence-electron chi connectivity index (χ4n) is 1.54. The van der Waals surface area contributed by atoms with Crippen LogP contribution in [-0.4, -0.2) is 49.3 Å². The van der Waals surface area contributed by atoms with Crippen molar-refractivity contribution in [3.05, 3.63) is 29.8 Å². The van der Waals surface area contributed by atoms with Crippen LogP contribution in [-0.2, 0) is 15.8 Å². The number of rotatable bonds is 8. The summed E-state index contributed by atoms with van der Waals surface area (Å²) in [4.78, 5) is 22.2. The topological polar surface area (TPSA) is 114 Å². The van der Waals surface area contributed by atoms with Gasteiger partial charge in [-0.1, -0.05) is 0 Å². The van der Waals surface area contributed by atoms with Crippen LogP contribution in [0.15, 0.2) is 24.3 Å². The van der Waals surface area contributed by atoms with E-state index in [0.29, 0.717) is 0 Å². The normalized spacial score (nSPS) is 11.9. The van der Waals surface area contributed by atoms with Gasteiger partial charge in [0.1, 0.15) is 18.5 Å². The van der Waals surface area contributed by atoms with Crippen LogP contribution in [0.4, 0.5) is 13.2 Å². The quantitative estimate of drug-likeness (QED) is 0.505. The van der Waals surface area contributed by atoms with E-state index in [0.717, 1.165) is 24.3 Å². The Labute approximate surface area is 148 Å². The van der Waals surface area contributed by atoms with E-state index in [1.807, 2.05) is 0 Å². The molecule has 0 radical (unpaired) electrons. The standard InChI is InChI=1S/C14H18F3N3O4.ClH/c15-14(16,17)9-1-3-11(4-2-9)24-8-10(21)6-19-13(23)7-20-12(22)5-18;/h1-4,10,21H,5-8,18H2,(H,19,23)(H,20,22);1H. The van der Waals surface area contributed by atoms with Gasteiger partial charge in [-0.25, -0.2) is 0 Å². The first kappa shape index (κ1) is 23.0. The Morgan fingerprint density at radius 2 is 1.76 bits per heavy atom. The first-order chi connectivity index (χ1) is 11.2. The molecule has 11 heteroatoms. The van der Waals surface area contributed by atoms with Gasteiger partial charge in [0.25, 0.3) is 0 Å². The number of hydrogen-bond acceptors (Lipinski definition) is 5. The van der Waals surface area contributed by atoms with Crippen LogP contribution < -0.4 is 21.1 Å². The molecule has 1 rings (SSSR count). The predicted octanol–water partition coefficient (Wildman–Crippen LogP) is 0.0580. The number of alkyl halides is 3. The lowest BCUT2D eigenvalue weighted by Gasteiger charge is -2.14. The average molecular weight is 386 g/mol. The van der Waals surface area contributed by atoms with Gasteiger partial charge in [0.2, 0.25) is 11.8 Å². The van der Waals surface area contributed by atoms with Gasteiger partial charge >= 0.3 is 6.18 Å². The van der Waals surface area contributed by atoms with Crippen molar-refractivity contribution in [1.29, 1.82) is 0 Å². The second kappa shape index (κ2) is 10.7. The number of halogens is 4. The molecule has 7 nitrogen and oxygen atoms in total. The minimum Gasteiger partial charge on any atom is -0.491 e. The molecule has 0 aliphatic rings. The number of hydrogen-bond donors (Lipinski definition) is 4. The summed E-state index contributed by atoms with van der Waals surface area (Å²) in [6.07, 6.45) is -5.50. The van der Waals surface area contributed by atoms with Crippen molar-refractivity contribution in [3.8, 4) is 5.75 Å². The third-order valence-electron chi connectivity index (χ3n) is 2.79. The number of nitrogens with one attached hydrogen (secondary N) is 2. The van der Waals surface area contributed by atoms with Crippen LogP contribution >= 0.6 is 12.4 Å². The van der Waals surface area contributed by atoms with Crippen LogP contribution in [0.1, 0.15) is 5.56 Å². The van der Waals surface area contributed by atoms with Gasteiger partial charge in [-0.15, -0.1) is 12.4 Å². The zero-order chi connectivity index (χ0) is 18.2. The summed E-state index contributed by atoms with van der Waals surface area (Å²) in [5.41, 5.74) is 4.24. The molecule has 0 aliphatic heterocycles. The number of amides is 2. The molecular formula is C14H19ClF3N3O4. The summed E-state index contributed by atoms with van der Waals surface area (Å²) in [5, 5.41) is 14.2. The Morgan fingerprint density at radius 3 is 2.28 bits per heavy atom. The van der Waals surface area contributed by atoms with Gasteiger partial charge in [-0.05, 0) is 24.3 Å². The molecule has 5 N–H and O–H groups in total. The Bertz CT molecular complexity index is 555. The summed E-state index contributed by atoms with van der Waals surface area (Å²) in [7, 11) is 0. The van der Waals surface area contributed by atoms with Crippen molar-refractivity contribution in [2.75, 3.05) is 26.2 Å². The highest BCUT2D eigenvalue weighted by Crippen LogP contribution is 2.30. The molecule has 0 aliphatic carbocycles. The molecule has 1 aromatic carbocycles. The molecule has 0 aromatic heterocycles. The zero-order valence-corrected chi connectivity index (χ0v) is 13.8. The lowest BCUT2D eigenvalue weighted by atomic mass is 10.2. The lowest BCUT2D eigenvalue weighted by Crippen LogP contribution is -2.42. The van der Waals surface area contributed by atoms with Crippen molar-refractivity contribution in [2.45, 2.75) is 12.3 Å². The van der Waals surface area contributed by atoms with Gasteiger partial charge in [-0.2, -0.15) is 13.2 Å². The van der Waals surface area contributed by atoms with E-state index in [1.54, 1.807) is 0 Å². The minimum atomic E-state index is -4.43. The number of nitrogens with two attached hydrogens (primary N) is 1. The van der Waals surface area contributed by atoms with Crippen LogP contribution in [0, 0.1) is 0 Å². The Kier molecular flexibility index (Phi) is 9.87. The zero-order valence-electron chi connectivity index (χ0n) is 13.0. The Hall–Kier alpha value is -2.04. The molecule has 1 atom stereocenters. The van der Waals surface area contributed by atoms with E-state index in [4.69, 9.17) is 10.5 Å². The Balaban J connectivity index is 0.00000576. The molecule has 2 amide bonds. The van der Waals surface area contributed by atoms with Gasteiger partial charge < -0.3 is 26.2 Å². The molecule has 0 bridgehead atoms. The molecule has 0 fully saturated rings. The van der Waals surface area contributed by atoms with E-state index in [-0.39, 0.29) is 44.4 Å². The van der Waals surface area contributed by atoms with E-state index in [2.05, 4.69) is 10.6 Å². The maximum Gasteiger partial charge on any atom is 0.416 e. The molecule has 0 saturated carbocycles. The Morgan fingerprint density at radius 1 is 1.16 bits per heavy atom. The molecule has 0 heterocycles. The van der Waals surface area contributed by atoms with E-state index in [1.165, 1.54) is 0 Å². The predicted molar refractivity (Wildman–Crippen MR) is 85.3 cm³/mol. The van der Waals surface area contributed by atoms with Crippen LogP contribution in [0.25, 0.3) is 0 Å². The lowest BCUT2D eigenvalue weighted by molar-refractivity contribution is -0.137. The van der Waals surface area contributed by atoms with Crippen molar-refractivity contribution >= 4 is 24.2 Å². The third-order valence-corrected chi connectivity index (χ3v) is 2.79. The highest BCUT2D eigenvalue weighted by molar-refractivity contribution is 5.85. The molecule has 142 valence electrons. The number of carbonyl (C=O) groups excluding carboxylic acids is 2. The molecule has 0 spiro atoms. The molecule has 1 aromatic rings. The summed E-state index contributed by atoms with van der Waals surface area (Å²) >= 11 is 0. The summed E-state index contributed by atoms with van der Waals surface area (Å²) in [6.45, 7) is -0.877. The average Bonchev–Trinajstić information content (AvgIpc) is 2.55. The van der Waals surface area contributed by atoms with E-state index >= 15 is 0 Å². The first-order valence-corrected chi connectivity index (χ1v) is 6.94. The maximum absolute atomic E-state index is 12.4. The number of ether oxygens (including phenoxy) is 1. The molecular weight excluding hydrogens is 367 g/mol. The van der Waals surface area contributed by atoms with E-state index < -0.39 is 29.7 Å². The van der Waals surface area contributed by atoms with E-state index in [9.17, 15) is 27.9 Å². The monoisotopic (exact) mass is 385 g/mol. The summed E-state index contributed by atoms with van der Waals surface area (Å²) < 4.78 is 42.3. The van der Waals surface area contributed by atoms with Crippen molar-refractivity contribution < 1.29 is 32.6 Å². The van der Waals surface area contributed by atoms with Crippen LogP contribution in [0.3, 0.4) is 0 Å². The van der Waals surface area contributed by atoms with Crippen LogP contribution in [0.2, 0.25) is 0 Å². The highest BCUT2D eigenvalue weighted by Gasteiger charge is 2.30. The molecule has 1 unspecified atom stereocenters. The SMILES string of the molecule is Cl.NCC(=O)NCC(=O)NCC(O)COc1ccc(C(F)(F)F)cc1. The third kappa shape index (κ3) is 9.13. The molecule has 25 heavy (non-hydrogen) atoms. The van der Waals surface area contributed by atoms with Crippen molar-refractivity contribution in [1.82, 2.24) is 10.6 Å². The highest BCUT2D eigenvalue weighted by atomic mass is 35.5. The van der Waals surface area contributed by atoms with Crippen molar-refractivity contribution in [3.63, 3.8) is 0 Å². The summed E-state index contributed by atoms with van der Waals surface area (Å²) in [5.74, 6) is -0.856. The molecule has 0 saturated heterocycles. The largest absolute Gasteiger partial charge is 0.491 e. The first-order valence-electron chi connectivity index (χ1n) is 6.94. The number of carbonyl (C=O) groups is 2. The van der Waals surface area contributed by atoms with Gasteiger partial charge in [0.05, 0.1) is 18.7 Å². The minimum absolute atomic E-state index is 0. The second-order valence-corrected chi connectivity index (χ2v) is 4.77. The fraction of sp³-hybridized carbons (Fsp3) is 0.429.